The van der Waals surface area contributed by atoms with E-state index in [0.717, 1.165) is 65.0 Å². The molecule has 0 amide bonds. The topological polar surface area (TPSA) is 48.1 Å². The van der Waals surface area contributed by atoms with Crippen LogP contribution < -0.4 is 0 Å². The third kappa shape index (κ3) is 3.23. The van der Waals surface area contributed by atoms with E-state index in [-0.39, 0.29) is 5.54 Å². The van der Waals surface area contributed by atoms with Gasteiger partial charge in [-0.25, -0.2) is 4.98 Å². The average Bonchev–Trinajstić information content (AvgIpc) is 3.33. The maximum Gasteiger partial charge on any atom is 0.0952 e. The number of rotatable bonds is 6. The first-order valence-corrected chi connectivity index (χ1v) is 10.6. The Kier molecular flexibility index (Phi) is 5.37. The van der Waals surface area contributed by atoms with Gasteiger partial charge >= 0.3 is 0 Å². The molecule has 4 heterocycles. The number of nitrogens with zero attached hydrogens (tertiary/aromatic N) is 5. The van der Waals surface area contributed by atoms with Gasteiger partial charge < -0.3 is 9.30 Å². The maximum atomic E-state index is 5.73. The van der Waals surface area contributed by atoms with Gasteiger partial charge in [0.1, 0.15) is 0 Å². The Bertz CT molecular complexity index is 754. The third-order valence-corrected chi connectivity index (χ3v) is 6.60. The van der Waals surface area contributed by atoms with Crippen molar-refractivity contribution in [2.24, 2.45) is 0 Å². The normalized spacial score (nSPS) is 19.7. The van der Waals surface area contributed by atoms with E-state index < -0.39 is 0 Å². The van der Waals surface area contributed by atoms with E-state index in [0.29, 0.717) is 6.04 Å². The molecule has 0 atom stereocenters. The molecule has 1 fully saturated rings. The molecule has 27 heavy (non-hydrogen) atoms. The molecule has 148 valence electrons. The van der Waals surface area contributed by atoms with Crippen molar-refractivity contribution in [3.63, 3.8) is 0 Å². The van der Waals surface area contributed by atoms with Gasteiger partial charge in [0.25, 0.3) is 0 Å². The second-order valence-electron chi connectivity index (χ2n) is 7.90. The summed E-state index contributed by atoms with van der Waals surface area (Å²) in [7, 11) is 0. The van der Waals surface area contributed by atoms with Gasteiger partial charge in [-0.1, -0.05) is 13.8 Å². The third-order valence-electron chi connectivity index (χ3n) is 6.60. The predicted octanol–water partition coefficient (Wildman–Crippen LogP) is 3.52. The van der Waals surface area contributed by atoms with Crippen molar-refractivity contribution in [2.45, 2.75) is 77.5 Å². The first kappa shape index (κ1) is 18.7. The van der Waals surface area contributed by atoms with Crippen LogP contribution in [0.25, 0.3) is 0 Å². The highest BCUT2D eigenvalue weighted by atomic mass is 16.5. The summed E-state index contributed by atoms with van der Waals surface area (Å²) < 4.78 is 10.2. The zero-order valence-electron chi connectivity index (χ0n) is 17.0. The molecule has 0 radical (unpaired) electrons. The molecule has 0 aromatic carbocycles. The van der Waals surface area contributed by atoms with Crippen molar-refractivity contribution < 1.29 is 4.74 Å². The van der Waals surface area contributed by atoms with Crippen LogP contribution in [0.3, 0.4) is 0 Å². The molecule has 6 nitrogen and oxygen atoms in total. The Morgan fingerprint density at radius 1 is 1.19 bits per heavy atom. The van der Waals surface area contributed by atoms with E-state index in [1.54, 1.807) is 0 Å². The Labute approximate surface area is 162 Å². The summed E-state index contributed by atoms with van der Waals surface area (Å²) in [6.45, 7) is 11.3. The van der Waals surface area contributed by atoms with Crippen LogP contribution in [-0.2, 0) is 29.8 Å². The summed E-state index contributed by atoms with van der Waals surface area (Å²) in [5.74, 6) is 0. The molecule has 0 saturated carbocycles. The molecule has 0 aliphatic carbocycles. The van der Waals surface area contributed by atoms with E-state index in [1.807, 2.05) is 6.33 Å². The van der Waals surface area contributed by atoms with Crippen LogP contribution in [0.1, 0.15) is 69.6 Å². The van der Waals surface area contributed by atoms with Gasteiger partial charge in [0.2, 0.25) is 0 Å². The number of hydrogen-bond acceptors (Lipinski definition) is 4. The second kappa shape index (κ2) is 7.76. The lowest BCUT2D eigenvalue weighted by molar-refractivity contribution is -0.0459. The summed E-state index contributed by atoms with van der Waals surface area (Å²) in [6.07, 6.45) is 9.56. The summed E-state index contributed by atoms with van der Waals surface area (Å²) in [4.78, 5) is 7.53. The minimum absolute atomic E-state index is 0.00491. The largest absolute Gasteiger partial charge is 0.381 e. The van der Waals surface area contributed by atoms with Crippen molar-refractivity contribution in [1.82, 2.24) is 24.2 Å². The van der Waals surface area contributed by atoms with Gasteiger partial charge in [0.05, 0.1) is 29.3 Å². The Balaban J connectivity index is 1.62. The summed E-state index contributed by atoms with van der Waals surface area (Å²) in [5.41, 5.74) is 3.90. The van der Waals surface area contributed by atoms with Crippen LogP contribution in [0, 0.1) is 0 Å². The first-order chi connectivity index (χ1) is 13.2. The quantitative estimate of drug-likeness (QED) is 0.779. The van der Waals surface area contributed by atoms with E-state index in [1.165, 1.54) is 17.1 Å². The Hall–Kier alpha value is -1.66. The lowest BCUT2D eigenvalue weighted by Gasteiger charge is -2.48. The lowest BCUT2D eigenvalue weighted by atomic mass is 9.80. The summed E-state index contributed by atoms with van der Waals surface area (Å²) in [5, 5.41) is 4.92. The molecule has 2 aromatic heterocycles. The van der Waals surface area contributed by atoms with Crippen molar-refractivity contribution >= 4 is 0 Å². The zero-order chi connectivity index (χ0) is 18.9. The molecule has 0 N–H and O–H groups in total. The van der Waals surface area contributed by atoms with Crippen LogP contribution in [0.4, 0.5) is 0 Å². The minimum Gasteiger partial charge on any atom is -0.381 e. The average molecular weight is 372 g/mol. The van der Waals surface area contributed by atoms with Crippen LogP contribution in [0.2, 0.25) is 0 Å². The van der Waals surface area contributed by atoms with Gasteiger partial charge in [-0.3, -0.25) is 9.58 Å². The van der Waals surface area contributed by atoms with E-state index >= 15 is 0 Å². The first-order valence-electron chi connectivity index (χ1n) is 10.6. The van der Waals surface area contributed by atoms with Crippen molar-refractivity contribution in [2.75, 3.05) is 19.8 Å². The minimum atomic E-state index is 0.00491. The van der Waals surface area contributed by atoms with Gasteiger partial charge in [-0.15, -0.1) is 0 Å². The number of hydrogen-bond donors (Lipinski definition) is 0. The van der Waals surface area contributed by atoms with Crippen molar-refractivity contribution in [3.05, 3.63) is 35.7 Å². The monoisotopic (exact) mass is 371 g/mol. The van der Waals surface area contributed by atoms with Gasteiger partial charge in [0, 0.05) is 51.2 Å². The number of imidazole rings is 1. The molecule has 0 bridgehead atoms. The van der Waals surface area contributed by atoms with E-state index in [2.05, 4.69) is 47.2 Å². The number of ether oxygens (including phenoxy) is 1. The second-order valence-corrected chi connectivity index (χ2v) is 7.90. The van der Waals surface area contributed by atoms with Gasteiger partial charge in [-0.05, 0) is 38.7 Å². The fourth-order valence-corrected chi connectivity index (χ4v) is 4.95. The highest BCUT2D eigenvalue weighted by molar-refractivity contribution is 5.28. The van der Waals surface area contributed by atoms with Gasteiger partial charge in [0.15, 0.2) is 0 Å². The fraction of sp³-hybridized carbons (Fsp3) is 0.714. The highest BCUT2D eigenvalue weighted by Gasteiger charge is 2.46. The standard InChI is InChI=1S/C21H33N5O/c1-4-18(5-2)26-12-7-17(23-26)15-25-11-8-19-20(22-16-24(19)6-3)21(25)9-13-27-14-10-21/h7,12,16,18H,4-6,8-11,13-15H2,1-3H3. The van der Waals surface area contributed by atoms with E-state index in [9.17, 15) is 0 Å². The van der Waals surface area contributed by atoms with Gasteiger partial charge in [-0.2, -0.15) is 5.10 Å². The zero-order valence-corrected chi connectivity index (χ0v) is 17.0. The fourth-order valence-electron chi connectivity index (χ4n) is 4.95. The molecule has 2 aromatic rings. The molecule has 1 saturated heterocycles. The number of aromatic nitrogens is 4. The van der Waals surface area contributed by atoms with Crippen LogP contribution in [-0.4, -0.2) is 44.0 Å². The van der Waals surface area contributed by atoms with Crippen LogP contribution >= 0.6 is 0 Å². The van der Waals surface area contributed by atoms with Crippen LogP contribution in [0.5, 0.6) is 0 Å². The Morgan fingerprint density at radius 3 is 2.67 bits per heavy atom. The van der Waals surface area contributed by atoms with Crippen molar-refractivity contribution in [1.29, 1.82) is 0 Å². The molecule has 2 aliphatic heterocycles. The smallest absolute Gasteiger partial charge is 0.0952 e. The Morgan fingerprint density at radius 2 is 1.96 bits per heavy atom. The van der Waals surface area contributed by atoms with E-state index in [4.69, 9.17) is 14.8 Å². The SMILES string of the molecule is CCC(CC)n1ccc(CN2CCc3c(ncn3CC)C23CCOCC3)n1. The molecule has 2 aliphatic rings. The molecular formula is C21H33N5O. The molecule has 1 spiro atoms. The number of fused-ring (bicyclic) bond motifs is 2. The maximum absolute atomic E-state index is 5.73. The molecule has 4 rings (SSSR count). The number of aryl methyl sites for hydroxylation is 1. The summed E-state index contributed by atoms with van der Waals surface area (Å²) in [6, 6.07) is 2.70. The molecule has 6 heteroatoms. The predicted molar refractivity (Wildman–Crippen MR) is 106 cm³/mol. The highest BCUT2D eigenvalue weighted by Crippen LogP contribution is 2.43. The summed E-state index contributed by atoms with van der Waals surface area (Å²) >= 11 is 0. The van der Waals surface area contributed by atoms with Crippen LogP contribution in [0.15, 0.2) is 18.6 Å². The lowest BCUT2D eigenvalue weighted by Crippen LogP contribution is -2.53. The molecular weight excluding hydrogens is 338 g/mol. The van der Waals surface area contributed by atoms with Crippen molar-refractivity contribution in [3.8, 4) is 0 Å². The molecule has 0 unspecified atom stereocenters.